The van der Waals surface area contributed by atoms with E-state index in [1.54, 1.807) is 16.7 Å². The average molecular weight is 453 g/mol. The number of rotatable bonds is 9. The van der Waals surface area contributed by atoms with Crippen molar-refractivity contribution in [1.29, 1.82) is 0 Å². The molecule has 2 amide bonds. The predicted molar refractivity (Wildman–Crippen MR) is 124 cm³/mol. The van der Waals surface area contributed by atoms with Gasteiger partial charge < -0.3 is 15.0 Å². The number of thioether (sulfide) groups is 1. The highest BCUT2D eigenvalue weighted by atomic mass is 32.2. The van der Waals surface area contributed by atoms with E-state index in [-0.39, 0.29) is 30.3 Å². The van der Waals surface area contributed by atoms with Gasteiger partial charge in [0, 0.05) is 24.5 Å². The molecule has 6 nitrogen and oxygen atoms in total. The van der Waals surface area contributed by atoms with Gasteiger partial charge in [-0.15, -0.1) is 0 Å². The quantitative estimate of drug-likeness (QED) is 0.633. The van der Waals surface area contributed by atoms with Crippen LogP contribution in [-0.2, 0) is 31.3 Å². The minimum Gasteiger partial charge on any atom is -0.368 e. The van der Waals surface area contributed by atoms with Crippen molar-refractivity contribution in [2.45, 2.75) is 43.2 Å². The molecule has 0 unspecified atom stereocenters. The van der Waals surface area contributed by atoms with E-state index in [4.69, 9.17) is 4.74 Å². The first-order valence-corrected chi connectivity index (χ1v) is 12.2. The summed E-state index contributed by atoms with van der Waals surface area (Å²) in [4.78, 5) is 39.9. The normalized spacial score (nSPS) is 20.8. The SMILES string of the molecule is O=C(CCc1ccccc1)N[C@@H](CSCc1ccccc1)C(=O)N1CC[C@H]2OCC(=O)[C@H]21. The van der Waals surface area contributed by atoms with Crippen LogP contribution in [0.15, 0.2) is 60.7 Å². The second-order valence-corrected chi connectivity index (χ2v) is 9.22. The molecule has 2 aromatic rings. The first kappa shape index (κ1) is 22.6. The van der Waals surface area contributed by atoms with Crippen molar-refractivity contribution >= 4 is 29.4 Å². The number of carbonyl (C=O) groups excluding carboxylic acids is 3. The van der Waals surface area contributed by atoms with Crippen molar-refractivity contribution in [1.82, 2.24) is 10.2 Å². The lowest BCUT2D eigenvalue weighted by molar-refractivity contribution is -0.139. The van der Waals surface area contributed by atoms with E-state index in [0.29, 0.717) is 31.6 Å². The van der Waals surface area contributed by atoms with Gasteiger partial charge in [-0.3, -0.25) is 14.4 Å². The van der Waals surface area contributed by atoms with Gasteiger partial charge in [-0.2, -0.15) is 11.8 Å². The Morgan fingerprint density at radius 1 is 1.06 bits per heavy atom. The van der Waals surface area contributed by atoms with Crippen LogP contribution in [0.25, 0.3) is 0 Å². The molecule has 1 N–H and O–H groups in total. The number of ketones is 1. The third-order valence-corrected chi connectivity index (χ3v) is 7.01. The van der Waals surface area contributed by atoms with Gasteiger partial charge in [0.15, 0.2) is 5.78 Å². The van der Waals surface area contributed by atoms with Crippen molar-refractivity contribution in [3.63, 3.8) is 0 Å². The highest BCUT2D eigenvalue weighted by Crippen LogP contribution is 2.28. The molecule has 0 bridgehead atoms. The summed E-state index contributed by atoms with van der Waals surface area (Å²) in [6, 6.07) is 18.7. The molecule has 2 fully saturated rings. The van der Waals surface area contributed by atoms with E-state index >= 15 is 0 Å². The highest BCUT2D eigenvalue weighted by molar-refractivity contribution is 7.98. The van der Waals surface area contributed by atoms with Crippen molar-refractivity contribution in [3.8, 4) is 0 Å². The maximum atomic E-state index is 13.4. The van der Waals surface area contributed by atoms with Crippen LogP contribution in [-0.4, -0.2) is 59.6 Å². The summed E-state index contributed by atoms with van der Waals surface area (Å²) in [7, 11) is 0. The second-order valence-electron chi connectivity index (χ2n) is 8.19. The number of ether oxygens (including phenoxy) is 1. The molecule has 2 aliphatic heterocycles. The van der Waals surface area contributed by atoms with E-state index < -0.39 is 12.1 Å². The zero-order chi connectivity index (χ0) is 22.3. The van der Waals surface area contributed by atoms with Crippen LogP contribution in [0.4, 0.5) is 0 Å². The van der Waals surface area contributed by atoms with Crippen molar-refractivity contribution in [3.05, 3.63) is 71.8 Å². The average Bonchev–Trinajstić information content (AvgIpc) is 3.41. The fourth-order valence-electron chi connectivity index (χ4n) is 4.25. The number of Topliss-reactive ketones (excluding diaryl/α,β-unsaturated/α-hetero) is 1. The topological polar surface area (TPSA) is 75.7 Å². The first-order valence-electron chi connectivity index (χ1n) is 11.0. The largest absolute Gasteiger partial charge is 0.368 e. The number of likely N-dealkylation sites (tertiary alicyclic amines) is 1. The minimum absolute atomic E-state index is 0.0491. The van der Waals surface area contributed by atoms with Crippen LogP contribution in [0.1, 0.15) is 24.0 Å². The summed E-state index contributed by atoms with van der Waals surface area (Å²) in [6.07, 6.45) is 1.38. The zero-order valence-corrected chi connectivity index (χ0v) is 18.8. The number of fused-ring (bicyclic) bond motifs is 1. The number of carbonyl (C=O) groups is 3. The van der Waals surface area contributed by atoms with Crippen molar-refractivity contribution < 1.29 is 19.1 Å². The predicted octanol–water partition coefficient (Wildman–Crippen LogP) is 2.61. The van der Waals surface area contributed by atoms with Crippen LogP contribution >= 0.6 is 11.8 Å². The minimum atomic E-state index is -0.667. The number of hydrogen-bond acceptors (Lipinski definition) is 5. The number of hydrogen-bond donors (Lipinski definition) is 1. The van der Waals surface area contributed by atoms with E-state index in [1.165, 1.54) is 5.56 Å². The van der Waals surface area contributed by atoms with Gasteiger partial charge in [0.2, 0.25) is 11.8 Å². The zero-order valence-electron chi connectivity index (χ0n) is 17.9. The Hall–Kier alpha value is -2.64. The van der Waals surface area contributed by atoms with Gasteiger partial charge in [-0.05, 0) is 24.0 Å². The molecule has 2 heterocycles. The molecule has 2 aromatic carbocycles. The van der Waals surface area contributed by atoms with Crippen LogP contribution in [0.3, 0.4) is 0 Å². The molecule has 2 aliphatic rings. The standard InChI is InChI=1S/C25H28N2O4S/c28-21-15-31-22-13-14-27(24(21)22)25(30)20(17-32-16-19-9-5-2-6-10-19)26-23(29)12-11-18-7-3-1-4-8-18/h1-10,20,22,24H,11-17H2,(H,26,29)/t20-,22+,24+/m0/s1. The molecule has 0 saturated carbocycles. The molecule has 0 aromatic heterocycles. The summed E-state index contributed by atoms with van der Waals surface area (Å²) in [6.45, 7) is 0.551. The van der Waals surface area contributed by atoms with E-state index in [9.17, 15) is 14.4 Å². The molecule has 168 valence electrons. The summed E-state index contributed by atoms with van der Waals surface area (Å²) in [5, 5.41) is 2.94. The Balaban J connectivity index is 1.39. The van der Waals surface area contributed by atoms with Gasteiger partial charge in [0.25, 0.3) is 0 Å². The Morgan fingerprint density at radius 2 is 1.75 bits per heavy atom. The summed E-state index contributed by atoms with van der Waals surface area (Å²) in [5.41, 5.74) is 2.25. The monoisotopic (exact) mass is 452 g/mol. The van der Waals surface area contributed by atoms with E-state index in [1.807, 2.05) is 60.7 Å². The van der Waals surface area contributed by atoms with E-state index in [2.05, 4.69) is 5.32 Å². The van der Waals surface area contributed by atoms with Gasteiger partial charge in [-0.25, -0.2) is 0 Å². The Morgan fingerprint density at radius 3 is 2.47 bits per heavy atom. The molecule has 4 rings (SSSR count). The summed E-state index contributed by atoms with van der Waals surface area (Å²) in [5.74, 6) is 0.806. The number of nitrogens with one attached hydrogen (secondary N) is 1. The number of benzene rings is 2. The van der Waals surface area contributed by atoms with E-state index in [0.717, 1.165) is 11.3 Å². The molecular formula is C25H28N2O4S. The third kappa shape index (κ3) is 5.58. The van der Waals surface area contributed by atoms with Crippen LogP contribution in [0.5, 0.6) is 0 Å². The smallest absolute Gasteiger partial charge is 0.246 e. The number of amides is 2. The van der Waals surface area contributed by atoms with Gasteiger partial charge >= 0.3 is 0 Å². The van der Waals surface area contributed by atoms with Crippen LogP contribution in [0, 0.1) is 0 Å². The number of aryl methyl sites for hydroxylation is 1. The third-order valence-electron chi connectivity index (χ3n) is 5.91. The van der Waals surface area contributed by atoms with Gasteiger partial charge in [-0.1, -0.05) is 60.7 Å². The Kier molecular flexibility index (Phi) is 7.60. The second kappa shape index (κ2) is 10.8. The molecule has 0 radical (unpaired) electrons. The Bertz CT molecular complexity index is 937. The van der Waals surface area contributed by atoms with Gasteiger partial charge in [0.05, 0.1) is 6.10 Å². The molecule has 0 spiro atoms. The summed E-state index contributed by atoms with van der Waals surface area (Å²) >= 11 is 1.61. The lowest BCUT2D eigenvalue weighted by Crippen LogP contribution is -2.53. The number of nitrogens with zero attached hydrogens (tertiary/aromatic N) is 1. The first-order chi connectivity index (χ1) is 15.6. The molecule has 32 heavy (non-hydrogen) atoms. The van der Waals surface area contributed by atoms with Crippen LogP contribution in [0.2, 0.25) is 0 Å². The summed E-state index contributed by atoms with van der Waals surface area (Å²) < 4.78 is 5.52. The Labute approximate surface area is 192 Å². The van der Waals surface area contributed by atoms with Gasteiger partial charge in [0.1, 0.15) is 18.7 Å². The highest BCUT2D eigenvalue weighted by Gasteiger charge is 2.47. The fourth-order valence-corrected chi connectivity index (χ4v) is 5.26. The molecule has 7 heteroatoms. The lowest BCUT2D eigenvalue weighted by Gasteiger charge is -2.27. The van der Waals surface area contributed by atoms with Crippen molar-refractivity contribution in [2.75, 3.05) is 18.9 Å². The maximum absolute atomic E-state index is 13.4. The van der Waals surface area contributed by atoms with Crippen LogP contribution < -0.4 is 5.32 Å². The molecule has 0 aliphatic carbocycles. The van der Waals surface area contributed by atoms with Crippen molar-refractivity contribution in [2.24, 2.45) is 0 Å². The maximum Gasteiger partial charge on any atom is 0.246 e. The lowest BCUT2D eigenvalue weighted by atomic mass is 10.1. The molecular weight excluding hydrogens is 424 g/mol. The fraction of sp³-hybridized carbons (Fsp3) is 0.400. The molecule has 3 atom stereocenters. The molecule has 2 saturated heterocycles.